The number of nitrogens with zero attached hydrogens (tertiary/aromatic N) is 5. The Labute approximate surface area is 441 Å². The van der Waals surface area contributed by atoms with Crippen LogP contribution in [-0.2, 0) is 5.41 Å². The normalized spacial score (nSPS) is 13.6. The summed E-state index contributed by atoms with van der Waals surface area (Å²) in [4.78, 5) is 16.4. The van der Waals surface area contributed by atoms with Crippen molar-refractivity contribution in [3.63, 3.8) is 0 Å². The molecule has 0 fully saturated rings. The molecule has 0 amide bonds. The first-order valence-electron chi connectivity index (χ1n) is 27.7. The molecule has 350 valence electrons. The molecule has 0 saturated heterocycles. The first kappa shape index (κ1) is 37.8. The summed E-state index contributed by atoms with van der Waals surface area (Å²) in [5.41, 5.74) is 14.5. The van der Waals surface area contributed by atoms with Gasteiger partial charge in [-0.15, -0.1) is 0 Å². The van der Waals surface area contributed by atoms with Crippen molar-refractivity contribution in [2.24, 2.45) is 0 Å². The summed E-state index contributed by atoms with van der Waals surface area (Å²) < 4.78 is 49.3. The van der Waals surface area contributed by atoms with Gasteiger partial charge in [0.2, 0.25) is 5.95 Å². The van der Waals surface area contributed by atoms with E-state index < -0.39 is 23.5 Å². The molecule has 0 spiro atoms. The average molecular weight is 961 g/mol. The van der Waals surface area contributed by atoms with Crippen molar-refractivity contribution in [1.82, 2.24) is 24.1 Å². The minimum Gasteiger partial charge on any atom is -0.307 e. The topological polar surface area (TPSA) is 48.5 Å². The second kappa shape index (κ2) is 17.1. The molecule has 3 aromatic heterocycles. The van der Waals surface area contributed by atoms with Gasteiger partial charge in [0.15, 0.2) is 11.6 Å². The van der Waals surface area contributed by atoms with E-state index in [1.54, 1.807) is 0 Å². The fourth-order valence-corrected chi connectivity index (χ4v) is 12.0. The molecule has 75 heavy (non-hydrogen) atoms. The van der Waals surface area contributed by atoms with Crippen molar-refractivity contribution in [3.05, 3.63) is 295 Å². The molecule has 1 aliphatic rings. The largest absolute Gasteiger partial charge is 0.307 e. The maximum Gasteiger partial charge on any atom is 0.238 e. The van der Waals surface area contributed by atoms with E-state index in [4.69, 9.17) is 19.1 Å². The van der Waals surface area contributed by atoms with E-state index in [1.165, 1.54) is 11.1 Å². The van der Waals surface area contributed by atoms with Gasteiger partial charge < -0.3 is 4.57 Å². The highest BCUT2D eigenvalue weighted by atomic mass is 15.2. The Balaban J connectivity index is 1.05. The SMILES string of the molecule is [2H]c1c([2H])c([2H])c(-c2ccc(-c3ccccc3)cc2-n2c3ccccc3c3ccc4c5ccccc5n(-c5nc(-c6ccccc6)nc(-c6ccc7c(c6)C(c6ccccc6)(c6ccccc6)c6ccccc6-7)n5)c4c32)c([2H])c1[2H]. The van der Waals surface area contributed by atoms with Gasteiger partial charge in [-0.3, -0.25) is 4.57 Å². The standard InChI is InChI=1S/C70H45N5/c1-6-22-46(23-7-1)49-38-40-53(47-24-8-2-9-25-47)64(45-49)74-62-36-20-17-33-56(62)58-42-43-59-57-34-18-21-37-63(57)75(66(59)65(58)74)69-72-67(48-26-10-3-11-27-48)71-68(73-69)50-39-41-55-54-32-16-19-35-60(54)70(61(55)44-50,51-28-12-4-13-29-51)52-30-14-5-15-31-52/h1-45H/i2D,8D,9D,24D,25D. The van der Waals surface area contributed by atoms with Crippen LogP contribution in [0.15, 0.2) is 273 Å². The van der Waals surface area contributed by atoms with E-state index >= 15 is 0 Å². The zero-order chi connectivity index (χ0) is 53.8. The molecule has 3 heterocycles. The molecular weight excluding hydrogens is 911 g/mol. The van der Waals surface area contributed by atoms with Gasteiger partial charge in [-0.2, -0.15) is 9.97 Å². The summed E-state index contributed by atoms with van der Waals surface area (Å²) in [6.45, 7) is 0. The Kier molecular flexibility index (Phi) is 8.60. The average Bonchev–Trinajstić information content (AvgIpc) is 4.36. The summed E-state index contributed by atoms with van der Waals surface area (Å²) in [6.07, 6.45) is 0. The van der Waals surface area contributed by atoms with E-state index in [2.05, 4.69) is 167 Å². The van der Waals surface area contributed by atoms with Gasteiger partial charge in [0, 0.05) is 38.2 Å². The van der Waals surface area contributed by atoms with Gasteiger partial charge >= 0.3 is 0 Å². The quantitative estimate of drug-likeness (QED) is 0.152. The van der Waals surface area contributed by atoms with Crippen molar-refractivity contribution in [2.75, 3.05) is 0 Å². The lowest BCUT2D eigenvalue weighted by molar-refractivity contribution is 0.768. The first-order chi connectivity index (χ1) is 39.3. The Bertz CT molecular complexity index is 4760. The first-order valence-corrected chi connectivity index (χ1v) is 25.2. The second-order valence-corrected chi connectivity index (χ2v) is 19.1. The van der Waals surface area contributed by atoms with E-state index in [9.17, 15) is 2.74 Å². The lowest BCUT2D eigenvalue weighted by Crippen LogP contribution is -2.28. The second-order valence-electron chi connectivity index (χ2n) is 19.1. The van der Waals surface area contributed by atoms with Gasteiger partial charge in [0.25, 0.3) is 0 Å². The molecule has 5 heteroatoms. The lowest BCUT2D eigenvalue weighted by Gasteiger charge is -2.34. The molecule has 0 N–H and O–H groups in total. The zero-order valence-corrected chi connectivity index (χ0v) is 40.3. The number of para-hydroxylation sites is 2. The van der Waals surface area contributed by atoms with Crippen LogP contribution < -0.4 is 0 Å². The highest BCUT2D eigenvalue weighted by Crippen LogP contribution is 2.57. The van der Waals surface area contributed by atoms with Crippen LogP contribution in [0.25, 0.3) is 111 Å². The zero-order valence-electron chi connectivity index (χ0n) is 45.3. The van der Waals surface area contributed by atoms with Crippen LogP contribution in [0.4, 0.5) is 0 Å². The van der Waals surface area contributed by atoms with Crippen LogP contribution in [0.2, 0.25) is 0 Å². The van der Waals surface area contributed by atoms with Crippen LogP contribution in [0, 0.1) is 0 Å². The maximum atomic E-state index is 9.35. The van der Waals surface area contributed by atoms with E-state index in [1.807, 2.05) is 84.9 Å². The smallest absolute Gasteiger partial charge is 0.238 e. The highest BCUT2D eigenvalue weighted by molar-refractivity contribution is 6.24. The van der Waals surface area contributed by atoms with E-state index in [-0.39, 0.29) is 17.6 Å². The third-order valence-electron chi connectivity index (χ3n) is 15.2. The maximum absolute atomic E-state index is 9.35. The number of aromatic nitrogens is 5. The van der Waals surface area contributed by atoms with Crippen LogP contribution >= 0.6 is 0 Å². The minimum atomic E-state index is -0.653. The van der Waals surface area contributed by atoms with Gasteiger partial charge in [0.1, 0.15) is 0 Å². The molecule has 15 rings (SSSR count). The third kappa shape index (κ3) is 6.54. The Morgan fingerprint density at radius 1 is 0.333 bits per heavy atom. The van der Waals surface area contributed by atoms with Crippen LogP contribution in [0.5, 0.6) is 0 Å². The van der Waals surface area contributed by atoms with E-state index in [0.717, 1.165) is 88.1 Å². The molecule has 0 saturated carbocycles. The number of rotatable bonds is 8. The number of benzene rings is 11. The molecule has 14 aromatic rings. The van der Waals surface area contributed by atoms with Crippen LogP contribution in [0.1, 0.15) is 29.1 Å². The number of fused-ring (bicyclic) bond motifs is 10. The number of hydrogen-bond donors (Lipinski definition) is 0. The molecule has 0 radical (unpaired) electrons. The van der Waals surface area contributed by atoms with E-state index in [0.29, 0.717) is 28.8 Å². The molecule has 0 aliphatic heterocycles. The molecule has 11 aromatic carbocycles. The molecular formula is C70H45N5. The summed E-state index contributed by atoms with van der Waals surface area (Å²) in [7, 11) is 0. The van der Waals surface area contributed by atoms with Crippen molar-refractivity contribution < 1.29 is 6.85 Å². The molecule has 1 aliphatic carbocycles. The van der Waals surface area contributed by atoms with Gasteiger partial charge in [0.05, 0.1) is 40.0 Å². The summed E-state index contributed by atoms with van der Waals surface area (Å²) >= 11 is 0. The fourth-order valence-electron chi connectivity index (χ4n) is 12.0. The fraction of sp³-hybridized carbons (Fsp3) is 0.0143. The lowest BCUT2D eigenvalue weighted by atomic mass is 9.67. The van der Waals surface area contributed by atoms with Gasteiger partial charge in [-0.05, 0) is 74.3 Å². The Morgan fingerprint density at radius 2 is 0.840 bits per heavy atom. The minimum absolute atomic E-state index is 0.111. The summed E-state index contributed by atoms with van der Waals surface area (Å²) in [5.74, 6) is 1.42. The number of hydrogen-bond acceptors (Lipinski definition) is 3. The van der Waals surface area contributed by atoms with Crippen LogP contribution in [-0.4, -0.2) is 24.1 Å². The predicted molar refractivity (Wildman–Crippen MR) is 308 cm³/mol. The highest BCUT2D eigenvalue weighted by Gasteiger charge is 2.46. The summed E-state index contributed by atoms with van der Waals surface area (Å²) in [5, 5.41) is 3.86. The third-order valence-corrected chi connectivity index (χ3v) is 15.2. The van der Waals surface area contributed by atoms with Gasteiger partial charge in [-0.25, -0.2) is 4.98 Å². The van der Waals surface area contributed by atoms with Crippen molar-refractivity contribution in [2.45, 2.75) is 5.41 Å². The molecule has 0 bridgehead atoms. The molecule has 0 unspecified atom stereocenters. The monoisotopic (exact) mass is 960 g/mol. The Hall–Kier alpha value is -9.97. The molecule has 0 atom stereocenters. The molecule has 5 nitrogen and oxygen atoms in total. The van der Waals surface area contributed by atoms with Crippen LogP contribution in [0.3, 0.4) is 0 Å². The summed E-state index contributed by atoms with van der Waals surface area (Å²) in [6, 6.07) is 82.1. The van der Waals surface area contributed by atoms with Crippen molar-refractivity contribution in [1.29, 1.82) is 0 Å². The predicted octanol–water partition coefficient (Wildman–Crippen LogP) is 17.1. The van der Waals surface area contributed by atoms with Crippen molar-refractivity contribution >= 4 is 43.6 Å². The Morgan fingerprint density at radius 3 is 1.51 bits per heavy atom. The van der Waals surface area contributed by atoms with Crippen molar-refractivity contribution in [3.8, 4) is 67.8 Å². The van der Waals surface area contributed by atoms with Gasteiger partial charge in [-0.1, -0.05) is 249 Å².